The summed E-state index contributed by atoms with van der Waals surface area (Å²) in [5.74, 6) is 1.64. The van der Waals surface area contributed by atoms with Crippen molar-refractivity contribution in [2.45, 2.75) is 32.2 Å². The Morgan fingerprint density at radius 2 is 2.15 bits per heavy atom. The summed E-state index contributed by atoms with van der Waals surface area (Å²) in [6.45, 7) is 5.10. The van der Waals surface area contributed by atoms with Gasteiger partial charge in [-0.1, -0.05) is 0 Å². The predicted octanol–water partition coefficient (Wildman–Crippen LogP) is 3.56. The van der Waals surface area contributed by atoms with Crippen LogP contribution in [-0.2, 0) is 4.74 Å². The van der Waals surface area contributed by atoms with Crippen LogP contribution in [0.15, 0.2) is 23.2 Å². The quantitative estimate of drug-likeness (QED) is 0.724. The predicted molar refractivity (Wildman–Crippen MR) is 110 cm³/mol. The molecular formula is C20H27N3O2S. The lowest BCUT2D eigenvalue weighted by Gasteiger charge is -2.23. The zero-order valence-electron chi connectivity index (χ0n) is 15.3. The first-order chi connectivity index (χ1) is 12.7. The number of anilines is 1. The molecule has 2 aliphatic heterocycles. The van der Waals surface area contributed by atoms with Crippen LogP contribution >= 0.6 is 11.8 Å². The Morgan fingerprint density at radius 1 is 1.31 bits per heavy atom. The summed E-state index contributed by atoms with van der Waals surface area (Å²) in [6.07, 6.45) is 3.02. The number of hydrogen-bond donors (Lipinski definition) is 3. The van der Waals surface area contributed by atoms with Crippen molar-refractivity contribution >= 4 is 33.4 Å². The normalized spacial score (nSPS) is 21.3. The Morgan fingerprint density at radius 3 is 2.96 bits per heavy atom. The van der Waals surface area contributed by atoms with Gasteiger partial charge in [0, 0.05) is 37.5 Å². The number of thioether (sulfide) groups is 1. The van der Waals surface area contributed by atoms with Crippen LogP contribution in [0.4, 0.5) is 5.69 Å². The lowest BCUT2D eigenvalue weighted by Crippen LogP contribution is -2.22. The van der Waals surface area contributed by atoms with Gasteiger partial charge in [0.05, 0.1) is 22.9 Å². The van der Waals surface area contributed by atoms with Crippen molar-refractivity contribution in [1.82, 2.24) is 4.98 Å². The molecule has 1 atom stereocenters. The zero-order valence-corrected chi connectivity index (χ0v) is 16.1. The molecule has 26 heavy (non-hydrogen) atoms. The lowest BCUT2D eigenvalue weighted by atomic mass is 10.0. The largest absolute Gasteiger partial charge is 0.396 e. The van der Waals surface area contributed by atoms with Crippen molar-refractivity contribution < 1.29 is 9.84 Å². The number of benzene rings is 1. The van der Waals surface area contributed by atoms with E-state index in [1.165, 1.54) is 16.6 Å². The molecule has 5 nitrogen and oxygen atoms in total. The summed E-state index contributed by atoms with van der Waals surface area (Å²) < 4.78 is 5.46. The summed E-state index contributed by atoms with van der Waals surface area (Å²) in [5, 5.41) is 15.1. The van der Waals surface area contributed by atoms with Gasteiger partial charge >= 0.3 is 0 Å². The number of H-pyrrole nitrogens is 1. The Hall–Kier alpha value is -1.50. The van der Waals surface area contributed by atoms with Gasteiger partial charge in [0.15, 0.2) is 0 Å². The summed E-state index contributed by atoms with van der Waals surface area (Å²) in [6, 6.07) is 6.88. The highest BCUT2D eigenvalue weighted by Crippen LogP contribution is 2.31. The van der Waals surface area contributed by atoms with Crippen LogP contribution in [0.5, 0.6) is 0 Å². The fourth-order valence-corrected chi connectivity index (χ4v) is 4.79. The fourth-order valence-electron chi connectivity index (χ4n) is 3.71. The molecule has 2 aliphatic rings. The number of aliphatic imine (C=N–C) groups is 1. The first kappa shape index (κ1) is 17.9. The summed E-state index contributed by atoms with van der Waals surface area (Å²) >= 11 is 1.78. The highest BCUT2D eigenvalue weighted by Gasteiger charge is 2.21. The minimum Gasteiger partial charge on any atom is -0.396 e. The van der Waals surface area contributed by atoms with E-state index in [0.717, 1.165) is 61.0 Å². The summed E-state index contributed by atoms with van der Waals surface area (Å²) in [5.41, 5.74) is 4.68. The second-order valence-electron chi connectivity index (χ2n) is 7.31. The maximum absolute atomic E-state index is 9.13. The molecule has 1 aromatic heterocycles. The van der Waals surface area contributed by atoms with E-state index in [0.29, 0.717) is 5.92 Å². The molecule has 3 heterocycles. The SMILES string of the molecule is Cc1cc(NCC2CCOCC2)c2[nH]c(C3=N[C@H](CCO)CS3)cc2c1. The number of aliphatic hydroxyl groups excluding tert-OH is 1. The molecule has 0 spiro atoms. The number of hydrogen-bond acceptors (Lipinski definition) is 5. The van der Waals surface area contributed by atoms with Crippen molar-refractivity contribution in [3.05, 3.63) is 29.5 Å². The van der Waals surface area contributed by atoms with E-state index < -0.39 is 0 Å². The van der Waals surface area contributed by atoms with Crippen LogP contribution in [-0.4, -0.2) is 53.3 Å². The Balaban J connectivity index is 1.56. The monoisotopic (exact) mass is 373 g/mol. The van der Waals surface area contributed by atoms with Crippen molar-refractivity contribution in [3.8, 4) is 0 Å². The van der Waals surface area contributed by atoms with Crippen LogP contribution < -0.4 is 5.32 Å². The molecule has 3 N–H and O–H groups in total. The number of aromatic nitrogens is 1. The van der Waals surface area contributed by atoms with Gasteiger partial charge in [0.2, 0.25) is 0 Å². The molecule has 0 radical (unpaired) electrons. The van der Waals surface area contributed by atoms with Crippen LogP contribution in [0.25, 0.3) is 10.9 Å². The van der Waals surface area contributed by atoms with E-state index in [1.807, 2.05) is 0 Å². The first-order valence-electron chi connectivity index (χ1n) is 9.50. The highest BCUT2D eigenvalue weighted by molar-refractivity contribution is 8.14. The number of rotatable bonds is 6. The third-order valence-electron chi connectivity index (χ3n) is 5.20. The molecule has 0 saturated carbocycles. The minimum absolute atomic E-state index is 0.203. The van der Waals surface area contributed by atoms with E-state index in [-0.39, 0.29) is 12.6 Å². The highest BCUT2D eigenvalue weighted by atomic mass is 32.2. The molecule has 1 saturated heterocycles. The van der Waals surface area contributed by atoms with E-state index >= 15 is 0 Å². The lowest BCUT2D eigenvalue weighted by molar-refractivity contribution is 0.0699. The number of nitrogens with zero attached hydrogens (tertiary/aromatic N) is 1. The Labute approximate surface area is 158 Å². The standard InChI is InChI=1S/C20H27N3O2S/c1-13-8-15-10-18(20-22-16(2-5-24)12-26-20)23-19(15)17(9-13)21-11-14-3-6-25-7-4-14/h8-10,14,16,21,23-24H,2-7,11-12H2,1H3/t16-/m1/s1. The molecule has 1 fully saturated rings. The second-order valence-corrected chi connectivity index (χ2v) is 8.32. The summed E-state index contributed by atoms with van der Waals surface area (Å²) in [7, 11) is 0. The molecular weight excluding hydrogens is 346 g/mol. The van der Waals surface area contributed by atoms with Gasteiger partial charge in [-0.3, -0.25) is 4.99 Å². The van der Waals surface area contributed by atoms with Crippen LogP contribution in [0.1, 0.15) is 30.5 Å². The molecule has 1 aromatic carbocycles. The number of aryl methyl sites for hydroxylation is 1. The minimum atomic E-state index is 0.203. The van der Waals surface area contributed by atoms with Gasteiger partial charge in [-0.25, -0.2) is 0 Å². The molecule has 4 rings (SSSR count). The second kappa shape index (κ2) is 8.03. The Kier molecular flexibility index (Phi) is 5.52. The van der Waals surface area contributed by atoms with Gasteiger partial charge in [-0.15, -0.1) is 11.8 Å². The number of ether oxygens (including phenoxy) is 1. The van der Waals surface area contributed by atoms with Gasteiger partial charge in [0.25, 0.3) is 0 Å². The zero-order chi connectivity index (χ0) is 17.9. The molecule has 140 valence electrons. The number of aliphatic hydroxyl groups is 1. The molecule has 0 unspecified atom stereocenters. The first-order valence-corrected chi connectivity index (χ1v) is 10.5. The topological polar surface area (TPSA) is 69.6 Å². The molecule has 0 bridgehead atoms. The van der Waals surface area contributed by atoms with Crippen LogP contribution in [0.2, 0.25) is 0 Å². The van der Waals surface area contributed by atoms with Gasteiger partial charge < -0.3 is 20.1 Å². The van der Waals surface area contributed by atoms with E-state index in [2.05, 4.69) is 35.4 Å². The van der Waals surface area contributed by atoms with E-state index in [9.17, 15) is 0 Å². The molecule has 6 heteroatoms. The third kappa shape index (κ3) is 3.92. The Bertz CT molecular complexity index is 796. The average molecular weight is 374 g/mol. The molecule has 2 aromatic rings. The average Bonchev–Trinajstić information content (AvgIpc) is 3.27. The van der Waals surface area contributed by atoms with Gasteiger partial charge in [-0.2, -0.15) is 0 Å². The molecule has 0 amide bonds. The van der Waals surface area contributed by atoms with Gasteiger partial charge in [0.1, 0.15) is 5.04 Å². The maximum Gasteiger partial charge on any atom is 0.114 e. The number of nitrogens with one attached hydrogen (secondary N) is 2. The van der Waals surface area contributed by atoms with Gasteiger partial charge in [-0.05, 0) is 55.9 Å². The summed E-state index contributed by atoms with van der Waals surface area (Å²) in [4.78, 5) is 8.35. The van der Waals surface area contributed by atoms with Crippen molar-refractivity contribution in [2.75, 3.05) is 37.4 Å². The van der Waals surface area contributed by atoms with Crippen LogP contribution in [0, 0.1) is 12.8 Å². The van der Waals surface area contributed by atoms with Crippen molar-refractivity contribution in [1.29, 1.82) is 0 Å². The number of aromatic amines is 1. The maximum atomic E-state index is 9.13. The third-order valence-corrected chi connectivity index (χ3v) is 6.35. The van der Waals surface area contributed by atoms with E-state index in [1.54, 1.807) is 11.8 Å². The van der Waals surface area contributed by atoms with Crippen molar-refractivity contribution in [2.24, 2.45) is 10.9 Å². The smallest absolute Gasteiger partial charge is 0.114 e. The van der Waals surface area contributed by atoms with Crippen molar-refractivity contribution in [3.63, 3.8) is 0 Å². The fraction of sp³-hybridized carbons (Fsp3) is 0.550. The van der Waals surface area contributed by atoms with E-state index in [4.69, 9.17) is 14.8 Å². The number of fused-ring (bicyclic) bond motifs is 1. The molecule has 0 aliphatic carbocycles. The van der Waals surface area contributed by atoms with Crippen LogP contribution in [0.3, 0.4) is 0 Å².